The van der Waals surface area contributed by atoms with Crippen LogP contribution in [0.15, 0.2) is 18.3 Å². The quantitative estimate of drug-likeness (QED) is 0.931. The average molecular weight is 302 g/mol. The lowest BCUT2D eigenvalue weighted by molar-refractivity contribution is -0.141. The van der Waals surface area contributed by atoms with E-state index in [1.165, 1.54) is 11.0 Å². The molecule has 2 aliphatic rings. The smallest absolute Gasteiger partial charge is 0.433 e. The number of hydrogen-bond acceptors (Lipinski definition) is 3. The maximum absolute atomic E-state index is 12.5. The van der Waals surface area contributed by atoms with Crippen LogP contribution < -0.4 is 4.74 Å². The number of nitrogens with zero attached hydrogens (tertiary/aromatic N) is 2. The molecule has 1 saturated carbocycles. The fourth-order valence-corrected chi connectivity index (χ4v) is 2.90. The van der Waals surface area contributed by atoms with Crippen molar-refractivity contribution in [1.29, 1.82) is 0 Å². The van der Waals surface area contributed by atoms with Crippen LogP contribution in [0.5, 0.6) is 5.75 Å². The van der Waals surface area contributed by atoms with Gasteiger partial charge in [-0.05, 0) is 17.9 Å². The molecule has 2 fully saturated rings. The van der Waals surface area contributed by atoms with E-state index in [-0.39, 0.29) is 23.5 Å². The largest absolute Gasteiger partial charge is 0.493 e. The first kappa shape index (κ1) is 14.0. The second kappa shape index (κ2) is 4.78. The number of alkyl halides is 3. The number of fused-ring (bicyclic) bond motifs is 1. The molecule has 21 heavy (non-hydrogen) atoms. The fraction of sp³-hybridized carbons (Fsp3) is 0.538. The molecule has 1 aliphatic heterocycles. The van der Waals surface area contributed by atoms with Crippen molar-refractivity contribution in [2.75, 3.05) is 19.7 Å². The Balaban J connectivity index is 1.53. The predicted octanol–water partition coefficient (Wildman–Crippen LogP) is 2.34. The minimum absolute atomic E-state index is 0.136. The third kappa shape index (κ3) is 2.74. The van der Waals surface area contributed by atoms with Crippen molar-refractivity contribution in [2.24, 2.45) is 17.8 Å². The first-order chi connectivity index (χ1) is 9.86. The SMILES string of the molecule is O=C(O)N1C[C@@H]2[C@@H](COc3ccnc(C(F)(F)F)c3)[C@@H]2C1. The lowest BCUT2D eigenvalue weighted by atomic mass is 10.3. The summed E-state index contributed by atoms with van der Waals surface area (Å²) in [6.45, 7) is 1.28. The van der Waals surface area contributed by atoms with Crippen LogP contribution in [0.2, 0.25) is 0 Å². The zero-order valence-electron chi connectivity index (χ0n) is 10.9. The van der Waals surface area contributed by atoms with Gasteiger partial charge < -0.3 is 14.7 Å². The van der Waals surface area contributed by atoms with Gasteiger partial charge in [-0.1, -0.05) is 0 Å². The van der Waals surface area contributed by atoms with Crippen molar-refractivity contribution < 1.29 is 27.8 Å². The molecular weight excluding hydrogens is 289 g/mol. The van der Waals surface area contributed by atoms with Crippen LogP contribution in [0, 0.1) is 17.8 Å². The Labute approximate surface area is 118 Å². The molecule has 0 radical (unpaired) electrons. The van der Waals surface area contributed by atoms with Gasteiger partial charge in [-0.2, -0.15) is 13.2 Å². The number of halogens is 3. The highest BCUT2D eigenvalue weighted by Crippen LogP contribution is 2.51. The van der Waals surface area contributed by atoms with Gasteiger partial charge in [-0.25, -0.2) is 4.79 Å². The van der Waals surface area contributed by atoms with E-state index in [0.29, 0.717) is 19.7 Å². The van der Waals surface area contributed by atoms with E-state index in [1.807, 2.05) is 0 Å². The first-order valence-electron chi connectivity index (χ1n) is 6.50. The van der Waals surface area contributed by atoms with Crippen molar-refractivity contribution in [1.82, 2.24) is 9.88 Å². The molecule has 0 aromatic carbocycles. The second-order valence-corrected chi connectivity index (χ2v) is 5.36. The number of carbonyl (C=O) groups is 1. The maximum Gasteiger partial charge on any atom is 0.433 e. The summed E-state index contributed by atoms with van der Waals surface area (Å²) in [5.41, 5.74) is -0.979. The van der Waals surface area contributed by atoms with E-state index in [4.69, 9.17) is 9.84 Å². The summed E-state index contributed by atoms with van der Waals surface area (Å²) in [4.78, 5) is 15.4. The van der Waals surface area contributed by atoms with Crippen molar-refractivity contribution >= 4 is 6.09 Å². The fourth-order valence-electron chi connectivity index (χ4n) is 2.90. The Morgan fingerprint density at radius 3 is 2.67 bits per heavy atom. The minimum atomic E-state index is -4.49. The van der Waals surface area contributed by atoms with Crippen LogP contribution in [-0.4, -0.2) is 40.8 Å². The summed E-state index contributed by atoms with van der Waals surface area (Å²) in [7, 11) is 0. The second-order valence-electron chi connectivity index (χ2n) is 5.36. The lowest BCUT2D eigenvalue weighted by Gasteiger charge is -2.16. The molecule has 2 heterocycles. The molecule has 0 unspecified atom stereocenters. The van der Waals surface area contributed by atoms with Crippen molar-refractivity contribution in [3.05, 3.63) is 24.0 Å². The van der Waals surface area contributed by atoms with E-state index in [2.05, 4.69) is 4.98 Å². The highest BCUT2D eigenvalue weighted by molar-refractivity contribution is 5.65. The van der Waals surface area contributed by atoms with Crippen LogP contribution in [-0.2, 0) is 6.18 Å². The van der Waals surface area contributed by atoms with Gasteiger partial charge in [-0.15, -0.1) is 0 Å². The highest BCUT2D eigenvalue weighted by Gasteiger charge is 2.57. The van der Waals surface area contributed by atoms with Crippen LogP contribution in [0.3, 0.4) is 0 Å². The third-order valence-corrected chi connectivity index (χ3v) is 4.11. The molecule has 1 saturated heterocycles. The summed E-state index contributed by atoms with van der Waals surface area (Å²) in [6, 6.07) is 2.26. The first-order valence-corrected chi connectivity index (χ1v) is 6.50. The molecule has 0 spiro atoms. The number of aromatic nitrogens is 1. The van der Waals surface area contributed by atoms with E-state index in [9.17, 15) is 18.0 Å². The average Bonchev–Trinajstić information content (AvgIpc) is 2.86. The van der Waals surface area contributed by atoms with Gasteiger partial charge in [0.15, 0.2) is 0 Å². The predicted molar refractivity (Wildman–Crippen MR) is 64.8 cm³/mol. The van der Waals surface area contributed by atoms with Gasteiger partial charge in [0.1, 0.15) is 11.4 Å². The third-order valence-electron chi connectivity index (χ3n) is 4.11. The molecule has 5 nitrogen and oxygen atoms in total. The monoisotopic (exact) mass is 302 g/mol. The Morgan fingerprint density at radius 2 is 2.10 bits per heavy atom. The number of likely N-dealkylation sites (tertiary alicyclic amines) is 1. The number of carboxylic acid groups (broad SMARTS) is 1. The Hall–Kier alpha value is -1.99. The Morgan fingerprint density at radius 1 is 1.43 bits per heavy atom. The van der Waals surface area contributed by atoms with E-state index >= 15 is 0 Å². The molecule has 114 valence electrons. The van der Waals surface area contributed by atoms with Gasteiger partial charge in [0.2, 0.25) is 0 Å². The molecule has 8 heteroatoms. The van der Waals surface area contributed by atoms with E-state index in [1.54, 1.807) is 0 Å². The van der Waals surface area contributed by atoms with E-state index in [0.717, 1.165) is 12.3 Å². The standard InChI is InChI=1S/C13H13F3N2O3/c14-13(15,16)11-3-7(1-2-17-11)21-6-10-8-4-18(12(19)20)5-9(8)10/h1-3,8-10H,4-6H2,(H,19,20)/t8-,9+,10+. The van der Waals surface area contributed by atoms with Crippen LogP contribution in [0.25, 0.3) is 0 Å². The number of ether oxygens (including phenoxy) is 1. The zero-order valence-corrected chi connectivity index (χ0v) is 10.9. The number of hydrogen-bond donors (Lipinski definition) is 1. The number of piperidine rings is 1. The Kier molecular flexibility index (Phi) is 3.18. The lowest BCUT2D eigenvalue weighted by Crippen LogP contribution is -2.30. The molecule has 1 amide bonds. The Bertz CT molecular complexity index is 552. The summed E-state index contributed by atoms with van der Waals surface area (Å²) in [5, 5.41) is 8.83. The van der Waals surface area contributed by atoms with Gasteiger partial charge >= 0.3 is 12.3 Å². The topological polar surface area (TPSA) is 62.7 Å². The highest BCUT2D eigenvalue weighted by atomic mass is 19.4. The molecule has 1 aromatic rings. The molecule has 1 aromatic heterocycles. The van der Waals surface area contributed by atoms with Crippen LogP contribution >= 0.6 is 0 Å². The summed E-state index contributed by atoms with van der Waals surface area (Å²) in [5.74, 6) is 0.899. The molecule has 3 rings (SSSR count). The van der Waals surface area contributed by atoms with Crippen LogP contribution in [0.4, 0.5) is 18.0 Å². The molecule has 1 N–H and O–H groups in total. The number of pyridine rings is 1. The van der Waals surface area contributed by atoms with Gasteiger partial charge in [0.05, 0.1) is 6.61 Å². The number of amides is 1. The molecule has 0 bridgehead atoms. The summed E-state index contributed by atoms with van der Waals surface area (Å²) in [6.07, 6.45) is -4.35. The normalized spacial score (nSPS) is 27.4. The number of rotatable bonds is 3. The van der Waals surface area contributed by atoms with Crippen molar-refractivity contribution in [3.63, 3.8) is 0 Å². The van der Waals surface area contributed by atoms with Crippen molar-refractivity contribution in [3.8, 4) is 5.75 Å². The zero-order chi connectivity index (χ0) is 15.2. The van der Waals surface area contributed by atoms with Gasteiger partial charge in [0.25, 0.3) is 0 Å². The molecule has 1 aliphatic carbocycles. The molecule has 3 atom stereocenters. The maximum atomic E-state index is 12.5. The van der Waals surface area contributed by atoms with E-state index < -0.39 is 18.0 Å². The minimum Gasteiger partial charge on any atom is -0.493 e. The van der Waals surface area contributed by atoms with Crippen molar-refractivity contribution in [2.45, 2.75) is 6.18 Å². The van der Waals surface area contributed by atoms with Gasteiger partial charge in [-0.3, -0.25) is 4.98 Å². The molecular formula is C13H13F3N2O3. The van der Waals surface area contributed by atoms with Crippen LogP contribution in [0.1, 0.15) is 5.69 Å². The summed E-state index contributed by atoms with van der Waals surface area (Å²) >= 11 is 0. The van der Waals surface area contributed by atoms with Gasteiger partial charge in [0, 0.05) is 31.3 Å². The summed E-state index contributed by atoms with van der Waals surface area (Å²) < 4.78 is 42.9.